The first-order valence-electron chi connectivity index (χ1n) is 7.20. The van der Waals surface area contributed by atoms with Gasteiger partial charge in [0.25, 0.3) is 0 Å². The van der Waals surface area contributed by atoms with Crippen molar-refractivity contribution in [3.63, 3.8) is 0 Å². The Balaban J connectivity index is 2.07. The Hall–Kier alpha value is -0.761. The molecule has 0 bridgehead atoms. The fourth-order valence-corrected chi connectivity index (χ4v) is 3.83. The Morgan fingerprint density at radius 1 is 1.30 bits per heavy atom. The molecule has 2 nitrogen and oxygen atoms in total. The molecule has 1 heterocycles. The van der Waals surface area contributed by atoms with Crippen LogP contribution in [0.2, 0.25) is 0 Å². The average Bonchev–Trinajstić information content (AvgIpc) is 2.81. The molecule has 0 radical (unpaired) electrons. The van der Waals surface area contributed by atoms with Crippen LogP contribution in [0.5, 0.6) is 0 Å². The van der Waals surface area contributed by atoms with E-state index in [1.165, 1.54) is 4.46 Å². The fraction of sp³-hybridized carbons (Fsp3) is 0.529. The number of hydrogen-bond donors (Lipinski definition) is 0. The van der Waals surface area contributed by atoms with Gasteiger partial charge in [0, 0.05) is 0 Å². The van der Waals surface area contributed by atoms with Crippen LogP contribution in [-0.4, -0.2) is 33.8 Å². The van der Waals surface area contributed by atoms with Crippen molar-refractivity contribution in [2.45, 2.75) is 46.3 Å². The van der Waals surface area contributed by atoms with Gasteiger partial charge in [0.2, 0.25) is 0 Å². The van der Waals surface area contributed by atoms with Gasteiger partial charge < -0.3 is 0 Å². The maximum absolute atomic E-state index is 6.16. The molecule has 0 amide bonds. The van der Waals surface area contributed by atoms with Crippen molar-refractivity contribution in [3.8, 4) is 0 Å². The summed E-state index contributed by atoms with van der Waals surface area (Å²) in [6.07, 6.45) is 1.35. The van der Waals surface area contributed by atoms with Gasteiger partial charge in [-0.25, -0.2) is 0 Å². The summed E-state index contributed by atoms with van der Waals surface area (Å²) < 4.78 is 13.4. The van der Waals surface area contributed by atoms with Crippen LogP contribution in [0.4, 0.5) is 0 Å². The molecule has 3 heteroatoms. The van der Waals surface area contributed by atoms with E-state index in [1.54, 1.807) is 0 Å². The SMILES string of the molecule is CCO[C@H]1C[C@H](C(C)(C)C)O/C1=C\[Se]c1ccccc1. The van der Waals surface area contributed by atoms with E-state index in [4.69, 9.17) is 9.47 Å². The van der Waals surface area contributed by atoms with Crippen LogP contribution in [0.1, 0.15) is 34.1 Å². The third-order valence-corrected chi connectivity index (χ3v) is 5.29. The molecular formula is C17H24O2Se. The molecule has 0 N–H and O–H groups in total. The van der Waals surface area contributed by atoms with Gasteiger partial charge >= 0.3 is 128 Å². The molecule has 2 rings (SSSR count). The molecule has 1 aromatic rings. The van der Waals surface area contributed by atoms with Crippen molar-refractivity contribution in [2.75, 3.05) is 6.61 Å². The molecule has 1 aromatic carbocycles. The van der Waals surface area contributed by atoms with E-state index in [9.17, 15) is 0 Å². The molecule has 110 valence electrons. The molecule has 1 aliphatic heterocycles. The third-order valence-electron chi connectivity index (χ3n) is 3.41. The van der Waals surface area contributed by atoms with Gasteiger partial charge in [-0.2, -0.15) is 0 Å². The molecule has 0 aromatic heterocycles. The summed E-state index contributed by atoms with van der Waals surface area (Å²) in [5, 5.41) is 0. The molecule has 0 unspecified atom stereocenters. The van der Waals surface area contributed by atoms with Gasteiger partial charge in [-0.05, 0) is 0 Å². The van der Waals surface area contributed by atoms with Gasteiger partial charge in [0.15, 0.2) is 0 Å². The van der Waals surface area contributed by atoms with E-state index >= 15 is 0 Å². The van der Waals surface area contributed by atoms with Crippen LogP contribution >= 0.6 is 0 Å². The van der Waals surface area contributed by atoms with Crippen molar-refractivity contribution in [3.05, 3.63) is 41.1 Å². The second kappa shape index (κ2) is 6.80. The summed E-state index contributed by atoms with van der Waals surface area (Å²) in [4.78, 5) is 2.24. The Morgan fingerprint density at radius 2 is 2.00 bits per heavy atom. The third kappa shape index (κ3) is 4.11. The number of ether oxygens (including phenoxy) is 2. The van der Waals surface area contributed by atoms with E-state index in [0.717, 1.165) is 18.8 Å². The normalized spacial score (nSPS) is 24.9. The second-order valence-electron chi connectivity index (χ2n) is 6.10. The zero-order valence-electron chi connectivity index (χ0n) is 12.8. The Kier molecular flexibility index (Phi) is 5.31. The van der Waals surface area contributed by atoms with E-state index < -0.39 is 0 Å². The summed E-state index contributed by atoms with van der Waals surface area (Å²) in [7, 11) is 0. The zero-order chi connectivity index (χ0) is 14.6. The van der Waals surface area contributed by atoms with Gasteiger partial charge in [-0.3, -0.25) is 0 Å². The summed E-state index contributed by atoms with van der Waals surface area (Å²) in [5.74, 6) is 1.04. The number of rotatable bonds is 4. The molecule has 2 atom stereocenters. The van der Waals surface area contributed by atoms with Crippen LogP contribution in [0.25, 0.3) is 0 Å². The molecule has 0 spiro atoms. The molecule has 0 aliphatic carbocycles. The summed E-state index contributed by atoms with van der Waals surface area (Å²) in [5.41, 5.74) is 0.157. The van der Waals surface area contributed by atoms with Crippen molar-refractivity contribution >= 4 is 19.4 Å². The quantitative estimate of drug-likeness (QED) is 0.785. The first-order valence-corrected chi connectivity index (χ1v) is 9.05. The topological polar surface area (TPSA) is 18.5 Å². The summed E-state index contributed by atoms with van der Waals surface area (Å²) in [6.45, 7) is 9.47. The minimum atomic E-state index is 0.134. The standard InChI is InChI=1S/C17H24O2Se/c1-5-18-14-11-16(17(2,3)4)19-15(14)12-20-13-9-7-6-8-10-13/h6-10,12,14,16H,5,11H2,1-4H3/b15-12-/t14-,16+/m0/s1. The van der Waals surface area contributed by atoms with Gasteiger partial charge in [-0.1, -0.05) is 0 Å². The van der Waals surface area contributed by atoms with E-state index in [0.29, 0.717) is 15.0 Å². The van der Waals surface area contributed by atoms with Crippen LogP contribution in [0.3, 0.4) is 0 Å². The van der Waals surface area contributed by atoms with Crippen LogP contribution < -0.4 is 4.46 Å². The van der Waals surface area contributed by atoms with Gasteiger partial charge in [-0.15, -0.1) is 0 Å². The Morgan fingerprint density at radius 3 is 2.60 bits per heavy atom. The van der Waals surface area contributed by atoms with E-state index in [2.05, 4.69) is 56.1 Å². The van der Waals surface area contributed by atoms with Gasteiger partial charge in [0.1, 0.15) is 0 Å². The average molecular weight is 339 g/mol. The Bertz CT molecular complexity index is 448. The first kappa shape index (κ1) is 15.6. The predicted octanol–water partition coefficient (Wildman–Crippen LogP) is 3.10. The molecule has 20 heavy (non-hydrogen) atoms. The van der Waals surface area contributed by atoms with Crippen molar-refractivity contribution < 1.29 is 9.47 Å². The minimum absolute atomic E-state index is 0.134. The molecule has 1 saturated heterocycles. The van der Waals surface area contributed by atoms with Crippen LogP contribution in [0.15, 0.2) is 41.1 Å². The van der Waals surface area contributed by atoms with Crippen LogP contribution in [-0.2, 0) is 9.47 Å². The zero-order valence-corrected chi connectivity index (χ0v) is 14.5. The monoisotopic (exact) mass is 340 g/mol. The second-order valence-corrected chi connectivity index (χ2v) is 8.08. The molecule has 1 aliphatic rings. The molecular weight excluding hydrogens is 315 g/mol. The van der Waals surface area contributed by atoms with Crippen molar-refractivity contribution in [1.82, 2.24) is 0 Å². The Labute approximate surface area is 128 Å². The predicted molar refractivity (Wildman–Crippen MR) is 84.3 cm³/mol. The molecule has 1 fully saturated rings. The van der Waals surface area contributed by atoms with E-state index in [-0.39, 0.29) is 17.6 Å². The van der Waals surface area contributed by atoms with Gasteiger partial charge in [0.05, 0.1) is 0 Å². The summed E-state index contributed by atoms with van der Waals surface area (Å²) >= 11 is 0.304. The molecule has 0 saturated carbocycles. The van der Waals surface area contributed by atoms with Crippen LogP contribution in [0, 0.1) is 5.41 Å². The maximum atomic E-state index is 6.16. The van der Waals surface area contributed by atoms with E-state index in [1.807, 2.05) is 6.92 Å². The van der Waals surface area contributed by atoms with Crippen molar-refractivity contribution in [2.24, 2.45) is 5.41 Å². The first-order chi connectivity index (χ1) is 9.50. The number of hydrogen-bond acceptors (Lipinski definition) is 2. The fourth-order valence-electron chi connectivity index (χ4n) is 2.21. The number of benzene rings is 1. The van der Waals surface area contributed by atoms with Crippen molar-refractivity contribution in [1.29, 1.82) is 0 Å². The summed E-state index contributed by atoms with van der Waals surface area (Å²) in [6, 6.07) is 10.6.